The highest BCUT2D eigenvalue weighted by Crippen LogP contribution is 2.05. The van der Waals surface area contributed by atoms with Gasteiger partial charge in [-0.05, 0) is 12.3 Å². The van der Waals surface area contributed by atoms with Gasteiger partial charge in [-0.1, -0.05) is 13.8 Å². The highest BCUT2D eigenvalue weighted by Gasteiger charge is 2.22. The topological polar surface area (TPSA) is 105 Å². The Labute approximate surface area is 93.1 Å². The van der Waals surface area contributed by atoms with E-state index in [0.29, 0.717) is 6.42 Å². The summed E-state index contributed by atoms with van der Waals surface area (Å²) in [6.45, 7) is 3.77. The van der Waals surface area contributed by atoms with Gasteiger partial charge in [-0.15, -0.1) is 0 Å². The molecule has 0 bridgehead atoms. The molecule has 0 unspecified atom stereocenters. The zero-order valence-corrected chi connectivity index (χ0v) is 9.44. The molecule has 7 nitrogen and oxygen atoms in total. The van der Waals surface area contributed by atoms with Crippen molar-refractivity contribution in [3.63, 3.8) is 0 Å². The number of carboxylic acids is 1. The van der Waals surface area contributed by atoms with Crippen LogP contribution in [0.4, 0.5) is 0 Å². The van der Waals surface area contributed by atoms with Gasteiger partial charge in [0, 0.05) is 0 Å². The Morgan fingerprint density at radius 3 is 2.25 bits per heavy atom. The van der Waals surface area contributed by atoms with Crippen LogP contribution in [0, 0.1) is 5.92 Å². The summed E-state index contributed by atoms with van der Waals surface area (Å²) < 4.78 is 4.51. The van der Waals surface area contributed by atoms with E-state index in [1.807, 2.05) is 19.3 Å². The Morgan fingerprint density at radius 2 is 1.88 bits per heavy atom. The molecule has 7 heteroatoms. The van der Waals surface area contributed by atoms with Gasteiger partial charge in [0.1, 0.15) is 6.04 Å². The van der Waals surface area contributed by atoms with Crippen molar-refractivity contribution in [3.8, 4) is 0 Å². The van der Waals surface area contributed by atoms with Crippen LogP contribution in [0.25, 0.3) is 0 Å². The maximum Gasteiger partial charge on any atom is 0.395 e. The fraction of sp³-hybridized carbons (Fsp3) is 0.667. The van der Waals surface area contributed by atoms with Crippen LogP contribution in [-0.4, -0.2) is 36.1 Å². The van der Waals surface area contributed by atoms with Gasteiger partial charge in [0.15, 0.2) is 0 Å². The van der Waals surface area contributed by atoms with E-state index in [9.17, 15) is 14.4 Å². The first kappa shape index (κ1) is 14.4. The second-order valence-electron chi connectivity index (χ2n) is 3.61. The quantitative estimate of drug-likeness (QED) is 0.328. The van der Waals surface area contributed by atoms with Crippen LogP contribution in [0.2, 0.25) is 0 Å². The van der Waals surface area contributed by atoms with E-state index in [-0.39, 0.29) is 5.92 Å². The van der Waals surface area contributed by atoms with Crippen LogP contribution in [0.3, 0.4) is 0 Å². The normalized spacial score (nSPS) is 12.0. The number of amides is 1. The van der Waals surface area contributed by atoms with Gasteiger partial charge in [-0.2, -0.15) is 0 Å². The van der Waals surface area contributed by atoms with Crippen molar-refractivity contribution in [2.45, 2.75) is 26.3 Å². The molecular weight excluding hydrogens is 216 g/mol. The van der Waals surface area contributed by atoms with Gasteiger partial charge in [0.2, 0.25) is 0 Å². The smallest absolute Gasteiger partial charge is 0.395 e. The first-order valence-electron chi connectivity index (χ1n) is 4.75. The van der Waals surface area contributed by atoms with E-state index in [1.54, 1.807) is 0 Å². The molecule has 0 aromatic carbocycles. The van der Waals surface area contributed by atoms with E-state index in [1.165, 1.54) is 7.11 Å². The molecule has 1 amide bonds. The Kier molecular flexibility index (Phi) is 6.09. The molecule has 0 aromatic heterocycles. The Bertz CT molecular complexity index is 277. The molecule has 0 rings (SSSR count). The van der Waals surface area contributed by atoms with Gasteiger partial charge in [-0.3, -0.25) is 15.0 Å². The minimum atomic E-state index is -1.62. The van der Waals surface area contributed by atoms with Crippen molar-refractivity contribution in [1.29, 1.82) is 0 Å². The predicted molar refractivity (Wildman–Crippen MR) is 54.2 cm³/mol. The Hall–Kier alpha value is -1.63. The van der Waals surface area contributed by atoms with E-state index in [0.717, 1.165) is 0 Å². The van der Waals surface area contributed by atoms with Gasteiger partial charge in [0.05, 0.1) is 7.11 Å². The summed E-state index contributed by atoms with van der Waals surface area (Å²) >= 11 is 0. The monoisotopic (exact) mass is 232 g/mol. The van der Waals surface area contributed by atoms with Crippen molar-refractivity contribution in [2.24, 2.45) is 5.92 Å². The van der Waals surface area contributed by atoms with E-state index in [4.69, 9.17) is 5.11 Å². The van der Waals surface area contributed by atoms with Gasteiger partial charge in [-0.25, -0.2) is 10.2 Å². The molecule has 0 fully saturated rings. The molecule has 0 heterocycles. The largest absolute Gasteiger partial charge is 0.474 e. The number of carbonyl (C=O) groups is 3. The molecule has 16 heavy (non-hydrogen) atoms. The van der Waals surface area contributed by atoms with Crippen LogP contribution in [0.1, 0.15) is 20.3 Å². The lowest BCUT2D eigenvalue weighted by molar-refractivity contribution is -0.151. The van der Waals surface area contributed by atoms with Crippen molar-refractivity contribution in [3.05, 3.63) is 0 Å². The SMILES string of the molecule is COC(=O)[C@H](CC(C)C)NNC(=O)C(=O)O. The third-order valence-corrected chi connectivity index (χ3v) is 1.75. The van der Waals surface area contributed by atoms with Crippen molar-refractivity contribution < 1.29 is 24.2 Å². The number of hydrogen-bond donors (Lipinski definition) is 3. The van der Waals surface area contributed by atoms with E-state index >= 15 is 0 Å². The molecule has 1 atom stereocenters. The molecule has 3 N–H and O–H groups in total. The summed E-state index contributed by atoms with van der Waals surface area (Å²) in [5, 5.41) is 8.30. The molecule has 92 valence electrons. The van der Waals surface area contributed by atoms with Gasteiger partial charge < -0.3 is 9.84 Å². The molecule has 0 saturated heterocycles. The van der Waals surface area contributed by atoms with Crippen molar-refractivity contribution in [1.82, 2.24) is 10.9 Å². The zero-order chi connectivity index (χ0) is 12.7. The summed E-state index contributed by atoms with van der Waals surface area (Å²) in [6.07, 6.45) is 0.423. The van der Waals surface area contributed by atoms with Gasteiger partial charge >= 0.3 is 17.8 Å². The molecule has 0 aliphatic rings. The minimum absolute atomic E-state index is 0.193. The molecule has 0 saturated carbocycles. The van der Waals surface area contributed by atoms with Crippen LogP contribution in [-0.2, 0) is 19.1 Å². The molecule has 0 aliphatic carbocycles. The molecular formula is C9H16N2O5. The van der Waals surface area contributed by atoms with E-state index < -0.39 is 23.9 Å². The maximum atomic E-state index is 11.2. The molecule has 0 aliphatic heterocycles. The lowest BCUT2D eigenvalue weighted by Crippen LogP contribution is -2.50. The average molecular weight is 232 g/mol. The molecule has 0 radical (unpaired) electrons. The van der Waals surface area contributed by atoms with Crippen LogP contribution in [0.15, 0.2) is 0 Å². The first-order chi connectivity index (χ1) is 7.38. The Balaban J connectivity index is 4.27. The van der Waals surface area contributed by atoms with Crippen molar-refractivity contribution in [2.75, 3.05) is 7.11 Å². The number of carbonyl (C=O) groups excluding carboxylic acids is 2. The summed E-state index contributed by atoms with van der Waals surface area (Å²) in [5.74, 6) is -3.21. The number of hydrogen-bond acceptors (Lipinski definition) is 5. The Morgan fingerprint density at radius 1 is 1.31 bits per heavy atom. The third kappa shape index (κ3) is 5.30. The summed E-state index contributed by atoms with van der Waals surface area (Å²) in [7, 11) is 1.22. The second kappa shape index (κ2) is 6.78. The average Bonchev–Trinajstić information content (AvgIpc) is 2.21. The van der Waals surface area contributed by atoms with Crippen LogP contribution in [0.5, 0.6) is 0 Å². The first-order valence-corrected chi connectivity index (χ1v) is 4.75. The predicted octanol–water partition coefficient (Wildman–Crippen LogP) is -0.720. The number of rotatable bonds is 5. The van der Waals surface area contributed by atoms with Crippen LogP contribution < -0.4 is 10.9 Å². The van der Waals surface area contributed by atoms with Crippen molar-refractivity contribution >= 4 is 17.8 Å². The number of methoxy groups -OCH3 is 1. The molecule has 0 spiro atoms. The van der Waals surface area contributed by atoms with Gasteiger partial charge in [0.25, 0.3) is 0 Å². The number of carboxylic acid groups (broad SMARTS) is 1. The fourth-order valence-electron chi connectivity index (χ4n) is 1.03. The number of hydrazine groups is 1. The summed E-state index contributed by atoms with van der Waals surface area (Å²) in [4.78, 5) is 32.2. The number of aliphatic carboxylic acids is 1. The maximum absolute atomic E-state index is 11.2. The minimum Gasteiger partial charge on any atom is -0.474 e. The highest BCUT2D eigenvalue weighted by molar-refractivity contribution is 6.31. The lowest BCUT2D eigenvalue weighted by atomic mass is 10.0. The van der Waals surface area contributed by atoms with E-state index in [2.05, 4.69) is 10.2 Å². The molecule has 0 aromatic rings. The highest BCUT2D eigenvalue weighted by atomic mass is 16.5. The number of nitrogens with one attached hydrogen (secondary N) is 2. The lowest BCUT2D eigenvalue weighted by Gasteiger charge is -2.17. The van der Waals surface area contributed by atoms with Crippen LogP contribution >= 0.6 is 0 Å². The third-order valence-electron chi connectivity index (χ3n) is 1.75. The number of ether oxygens (including phenoxy) is 1. The fourth-order valence-corrected chi connectivity index (χ4v) is 1.03. The summed E-state index contributed by atoms with van der Waals surface area (Å²) in [6, 6.07) is -0.756. The summed E-state index contributed by atoms with van der Waals surface area (Å²) in [5.41, 5.74) is 4.24. The second-order valence-corrected chi connectivity index (χ2v) is 3.61. The zero-order valence-electron chi connectivity index (χ0n) is 9.44. The standard InChI is InChI=1S/C9H16N2O5/c1-5(2)4-6(9(15)16-3)10-11-7(12)8(13)14/h5-6,10H,4H2,1-3H3,(H,11,12)(H,13,14)/t6-/m0/s1. The number of esters is 1.